The number of rotatable bonds is 2. The van der Waals surface area contributed by atoms with Crippen LogP contribution in [0, 0.1) is 13.8 Å². The molecule has 0 spiro atoms. The van der Waals surface area contributed by atoms with E-state index in [1.165, 1.54) is 0 Å². The normalized spacial score (nSPS) is 10.6. The molecule has 0 amide bonds. The summed E-state index contributed by atoms with van der Waals surface area (Å²) in [6, 6.07) is 7.37. The quantitative estimate of drug-likeness (QED) is 0.764. The molecule has 88 valence electrons. The van der Waals surface area contributed by atoms with Crippen molar-refractivity contribution in [3.05, 3.63) is 46.2 Å². The lowest BCUT2D eigenvalue weighted by molar-refractivity contribution is 0.101. The zero-order valence-electron chi connectivity index (χ0n) is 9.99. The average Bonchev–Trinajstić information content (AvgIpc) is 2.55. The second-order valence-corrected chi connectivity index (χ2v) is 4.43. The Morgan fingerprint density at radius 2 is 1.82 bits per heavy atom. The Morgan fingerprint density at radius 1 is 1.24 bits per heavy atom. The average molecular weight is 249 g/mol. The fourth-order valence-corrected chi connectivity index (χ4v) is 2.11. The summed E-state index contributed by atoms with van der Waals surface area (Å²) in [5.74, 6) is 0.0419. The summed E-state index contributed by atoms with van der Waals surface area (Å²) in [5.41, 5.74) is 3.21. The number of carbonyl (C=O) groups is 1. The zero-order valence-corrected chi connectivity index (χ0v) is 10.7. The van der Waals surface area contributed by atoms with Crippen LogP contribution in [0.15, 0.2) is 24.3 Å². The molecule has 0 aliphatic carbocycles. The van der Waals surface area contributed by atoms with Crippen molar-refractivity contribution in [2.75, 3.05) is 0 Å². The molecule has 1 aromatic heterocycles. The molecule has 2 aromatic rings. The molecule has 0 N–H and O–H groups in total. The number of aromatic nitrogens is 2. The zero-order chi connectivity index (χ0) is 12.6. The fraction of sp³-hybridized carbons (Fsp3) is 0.231. The van der Waals surface area contributed by atoms with E-state index in [2.05, 4.69) is 5.10 Å². The third kappa shape index (κ3) is 2.11. The van der Waals surface area contributed by atoms with Crippen molar-refractivity contribution in [2.45, 2.75) is 20.8 Å². The first-order chi connectivity index (χ1) is 8.00. The van der Waals surface area contributed by atoms with E-state index in [0.29, 0.717) is 10.6 Å². The van der Waals surface area contributed by atoms with Gasteiger partial charge in [-0.2, -0.15) is 5.10 Å². The number of carbonyl (C=O) groups excluding carboxylic acids is 1. The maximum Gasteiger partial charge on any atom is 0.163 e. The summed E-state index contributed by atoms with van der Waals surface area (Å²) in [5, 5.41) is 5.07. The first-order valence-corrected chi connectivity index (χ1v) is 5.71. The van der Waals surface area contributed by atoms with Gasteiger partial charge in [0.1, 0.15) is 0 Å². The van der Waals surface area contributed by atoms with Gasteiger partial charge >= 0.3 is 0 Å². The van der Waals surface area contributed by atoms with E-state index in [4.69, 9.17) is 11.6 Å². The lowest BCUT2D eigenvalue weighted by atomic mass is 10.1. The van der Waals surface area contributed by atoms with Crippen LogP contribution >= 0.6 is 11.6 Å². The molecule has 4 heteroatoms. The predicted molar refractivity (Wildman–Crippen MR) is 68.1 cm³/mol. The second kappa shape index (κ2) is 4.34. The summed E-state index contributed by atoms with van der Waals surface area (Å²) < 4.78 is 1.77. The molecule has 0 aliphatic rings. The SMILES string of the molecule is CC(=O)c1c(C)nn(-c2ccc(Cl)cc2)c1C. The van der Waals surface area contributed by atoms with Crippen molar-refractivity contribution in [3.8, 4) is 5.69 Å². The molecule has 0 fully saturated rings. The van der Waals surface area contributed by atoms with Crippen molar-refractivity contribution in [1.82, 2.24) is 9.78 Å². The number of aryl methyl sites for hydroxylation is 1. The summed E-state index contributed by atoms with van der Waals surface area (Å²) in [4.78, 5) is 11.5. The summed E-state index contributed by atoms with van der Waals surface area (Å²) in [6.45, 7) is 5.30. The van der Waals surface area contributed by atoms with E-state index >= 15 is 0 Å². The van der Waals surface area contributed by atoms with Gasteiger partial charge in [-0.3, -0.25) is 4.79 Å². The molecular weight excluding hydrogens is 236 g/mol. The molecule has 0 saturated heterocycles. The lowest BCUT2D eigenvalue weighted by Gasteiger charge is -2.04. The van der Waals surface area contributed by atoms with Gasteiger partial charge in [-0.05, 0) is 45.0 Å². The number of halogens is 1. The Bertz CT molecular complexity index is 570. The fourth-order valence-electron chi connectivity index (χ4n) is 1.99. The highest BCUT2D eigenvalue weighted by molar-refractivity contribution is 6.30. The van der Waals surface area contributed by atoms with Gasteiger partial charge < -0.3 is 0 Å². The molecule has 0 aliphatic heterocycles. The summed E-state index contributed by atoms with van der Waals surface area (Å²) in [7, 11) is 0. The Hall–Kier alpha value is -1.61. The Kier molecular flexibility index (Phi) is 3.03. The van der Waals surface area contributed by atoms with Crippen LogP contribution in [0.4, 0.5) is 0 Å². The van der Waals surface area contributed by atoms with Crippen LogP contribution in [0.1, 0.15) is 28.7 Å². The smallest absolute Gasteiger partial charge is 0.163 e. The Labute approximate surface area is 105 Å². The summed E-state index contributed by atoms with van der Waals surface area (Å²) >= 11 is 5.84. The molecule has 0 saturated carbocycles. The maximum absolute atomic E-state index is 11.5. The van der Waals surface area contributed by atoms with Crippen molar-refractivity contribution in [3.63, 3.8) is 0 Å². The molecule has 1 heterocycles. The molecule has 0 unspecified atom stereocenters. The van der Waals surface area contributed by atoms with Crippen LogP contribution in [-0.4, -0.2) is 15.6 Å². The van der Waals surface area contributed by atoms with Crippen LogP contribution < -0.4 is 0 Å². The standard InChI is InChI=1S/C13H13ClN2O/c1-8-13(10(3)17)9(2)16(15-8)12-6-4-11(14)5-7-12/h4-7H,1-3H3. The van der Waals surface area contributed by atoms with E-state index in [9.17, 15) is 4.79 Å². The minimum absolute atomic E-state index is 0.0419. The molecule has 3 nitrogen and oxygen atoms in total. The molecule has 2 rings (SSSR count). The topological polar surface area (TPSA) is 34.9 Å². The highest BCUT2D eigenvalue weighted by atomic mass is 35.5. The number of benzene rings is 1. The van der Waals surface area contributed by atoms with Crippen molar-refractivity contribution < 1.29 is 4.79 Å². The van der Waals surface area contributed by atoms with E-state index < -0.39 is 0 Å². The largest absolute Gasteiger partial charge is 0.294 e. The molecule has 0 atom stereocenters. The van der Waals surface area contributed by atoms with Crippen LogP contribution in [0.5, 0.6) is 0 Å². The van der Waals surface area contributed by atoms with Gasteiger partial charge in [0.05, 0.1) is 22.6 Å². The minimum Gasteiger partial charge on any atom is -0.294 e. The molecule has 0 bridgehead atoms. The van der Waals surface area contributed by atoms with Crippen LogP contribution in [0.3, 0.4) is 0 Å². The van der Waals surface area contributed by atoms with Gasteiger partial charge in [0.15, 0.2) is 5.78 Å². The number of Topliss-reactive ketones (excluding diaryl/α,β-unsaturated/α-hetero) is 1. The molecule has 17 heavy (non-hydrogen) atoms. The van der Waals surface area contributed by atoms with Gasteiger partial charge in [-0.1, -0.05) is 11.6 Å². The highest BCUT2D eigenvalue weighted by Gasteiger charge is 2.15. The number of ketones is 1. The summed E-state index contributed by atoms with van der Waals surface area (Å²) in [6.07, 6.45) is 0. The van der Waals surface area contributed by atoms with Crippen LogP contribution in [0.2, 0.25) is 5.02 Å². The lowest BCUT2D eigenvalue weighted by Crippen LogP contribution is -2.00. The van der Waals surface area contributed by atoms with Crippen LogP contribution in [-0.2, 0) is 0 Å². The first-order valence-electron chi connectivity index (χ1n) is 5.34. The second-order valence-electron chi connectivity index (χ2n) is 3.99. The third-order valence-corrected chi connectivity index (χ3v) is 2.97. The number of hydrogen-bond acceptors (Lipinski definition) is 2. The van der Waals surface area contributed by atoms with Crippen molar-refractivity contribution in [2.24, 2.45) is 0 Å². The maximum atomic E-state index is 11.5. The van der Waals surface area contributed by atoms with E-state index in [1.54, 1.807) is 23.7 Å². The first kappa shape index (κ1) is 11.9. The van der Waals surface area contributed by atoms with E-state index in [-0.39, 0.29) is 5.78 Å². The number of hydrogen-bond donors (Lipinski definition) is 0. The highest BCUT2D eigenvalue weighted by Crippen LogP contribution is 2.19. The molecule has 1 aromatic carbocycles. The van der Waals surface area contributed by atoms with Crippen molar-refractivity contribution >= 4 is 17.4 Å². The minimum atomic E-state index is 0.0419. The van der Waals surface area contributed by atoms with Gasteiger partial charge in [0, 0.05) is 5.02 Å². The van der Waals surface area contributed by atoms with Gasteiger partial charge in [0.2, 0.25) is 0 Å². The number of nitrogens with zero attached hydrogens (tertiary/aromatic N) is 2. The predicted octanol–water partition coefficient (Wildman–Crippen LogP) is 3.35. The van der Waals surface area contributed by atoms with Gasteiger partial charge in [-0.25, -0.2) is 4.68 Å². The van der Waals surface area contributed by atoms with E-state index in [1.807, 2.05) is 26.0 Å². The third-order valence-electron chi connectivity index (χ3n) is 2.71. The Morgan fingerprint density at radius 3 is 2.29 bits per heavy atom. The Balaban J connectivity index is 2.57. The van der Waals surface area contributed by atoms with Gasteiger partial charge in [-0.15, -0.1) is 0 Å². The monoisotopic (exact) mass is 248 g/mol. The molecular formula is C13H13ClN2O. The van der Waals surface area contributed by atoms with Gasteiger partial charge in [0.25, 0.3) is 0 Å². The van der Waals surface area contributed by atoms with Crippen molar-refractivity contribution in [1.29, 1.82) is 0 Å². The molecule has 0 radical (unpaired) electrons. The van der Waals surface area contributed by atoms with Crippen LogP contribution in [0.25, 0.3) is 5.69 Å². The van der Waals surface area contributed by atoms with E-state index in [0.717, 1.165) is 17.1 Å².